The van der Waals surface area contributed by atoms with Crippen LogP contribution in [0.2, 0.25) is 0 Å². The van der Waals surface area contributed by atoms with E-state index in [4.69, 9.17) is 9.47 Å². The first-order chi connectivity index (χ1) is 14.0. The lowest BCUT2D eigenvalue weighted by Crippen LogP contribution is -2.50. The highest BCUT2D eigenvalue weighted by Crippen LogP contribution is 2.38. The second-order valence-corrected chi connectivity index (χ2v) is 10.3. The monoisotopic (exact) mass is 432 g/mol. The van der Waals surface area contributed by atoms with E-state index in [1.165, 1.54) is 4.31 Å². The molecule has 0 radical (unpaired) electrons. The summed E-state index contributed by atoms with van der Waals surface area (Å²) >= 11 is 0. The van der Waals surface area contributed by atoms with E-state index in [-0.39, 0.29) is 24.4 Å². The van der Waals surface area contributed by atoms with Gasteiger partial charge in [0, 0.05) is 12.1 Å². The minimum Gasteiger partial charge on any atom is -0.496 e. The molecule has 0 saturated heterocycles. The summed E-state index contributed by atoms with van der Waals surface area (Å²) in [6.45, 7) is 6.32. The highest BCUT2D eigenvalue weighted by Gasteiger charge is 2.35. The van der Waals surface area contributed by atoms with Gasteiger partial charge in [0.2, 0.25) is 10.0 Å². The van der Waals surface area contributed by atoms with Gasteiger partial charge in [0.25, 0.3) is 5.91 Å². The number of ether oxygens (including phenoxy) is 2. The summed E-state index contributed by atoms with van der Waals surface area (Å²) in [6.07, 6.45) is 0.178. The molecule has 1 amide bonds. The van der Waals surface area contributed by atoms with Gasteiger partial charge in [-0.05, 0) is 29.2 Å². The number of carbonyl (C=O) groups is 1. The zero-order valence-corrected chi connectivity index (χ0v) is 18.7. The van der Waals surface area contributed by atoms with E-state index in [1.54, 1.807) is 13.2 Å². The number of sulfonamides is 1. The normalized spacial score (nSPS) is 16.4. The fourth-order valence-corrected chi connectivity index (χ4v) is 4.22. The van der Waals surface area contributed by atoms with Crippen LogP contribution in [0.3, 0.4) is 0 Å². The third-order valence-electron chi connectivity index (χ3n) is 5.03. The number of carbonyl (C=O) groups excluding carboxylic acids is 1. The van der Waals surface area contributed by atoms with Gasteiger partial charge in [0.1, 0.15) is 11.5 Å². The van der Waals surface area contributed by atoms with E-state index in [0.717, 1.165) is 17.4 Å². The SMILES string of the molecule is COc1ccccc1CNC(=O)C1CN(S(C)(=O)=O)c2cc(C(C)(C)C)ccc2O1. The molecular formula is C22H28N2O5S. The predicted molar refractivity (Wildman–Crippen MR) is 117 cm³/mol. The number of amides is 1. The standard InChI is InChI=1S/C22H28N2O5S/c1-22(2,3)16-10-11-19-17(12-16)24(30(5,26)27)14-20(29-19)21(25)23-13-15-8-6-7-9-18(15)28-4/h6-12,20H,13-14H2,1-5H3,(H,23,25). The van der Waals surface area contributed by atoms with Crippen LogP contribution in [0, 0.1) is 0 Å². The lowest BCUT2D eigenvalue weighted by atomic mass is 9.86. The summed E-state index contributed by atoms with van der Waals surface area (Å²) in [7, 11) is -2.03. The Bertz CT molecular complexity index is 1040. The molecule has 1 heterocycles. The number of methoxy groups -OCH3 is 1. The van der Waals surface area contributed by atoms with Crippen LogP contribution in [0.4, 0.5) is 5.69 Å². The lowest BCUT2D eigenvalue weighted by Gasteiger charge is -2.35. The van der Waals surface area contributed by atoms with Crippen molar-refractivity contribution in [1.82, 2.24) is 5.32 Å². The van der Waals surface area contributed by atoms with Gasteiger partial charge in [-0.2, -0.15) is 0 Å². The van der Waals surface area contributed by atoms with Gasteiger partial charge < -0.3 is 14.8 Å². The second kappa shape index (κ2) is 8.18. The fourth-order valence-electron chi connectivity index (χ4n) is 3.31. The molecule has 2 aromatic rings. The number of fused-ring (bicyclic) bond motifs is 1. The molecule has 0 saturated carbocycles. The quantitative estimate of drug-likeness (QED) is 0.785. The molecule has 162 valence electrons. The predicted octanol–water partition coefficient (Wildman–Crippen LogP) is 2.84. The minimum atomic E-state index is -3.59. The summed E-state index contributed by atoms with van der Waals surface area (Å²) in [5.41, 5.74) is 2.11. The summed E-state index contributed by atoms with van der Waals surface area (Å²) in [5, 5.41) is 2.82. The molecule has 0 fully saturated rings. The number of benzene rings is 2. The summed E-state index contributed by atoms with van der Waals surface area (Å²) in [6, 6.07) is 12.8. The second-order valence-electron chi connectivity index (χ2n) is 8.36. The molecule has 0 aromatic heterocycles. The van der Waals surface area contributed by atoms with Crippen molar-refractivity contribution in [2.45, 2.75) is 38.8 Å². The van der Waals surface area contributed by atoms with Crippen LogP contribution >= 0.6 is 0 Å². The van der Waals surface area contributed by atoms with Crippen molar-refractivity contribution < 1.29 is 22.7 Å². The average Bonchev–Trinajstić information content (AvgIpc) is 2.69. The summed E-state index contributed by atoms with van der Waals surface area (Å²) in [5.74, 6) is 0.650. The molecule has 1 atom stereocenters. The van der Waals surface area contributed by atoms with E-state index >= 15 is 0 Å². The molecule has 0 aliphatic carbocycles. The first kappa shape index (κ1) is 22.0. The summed E-state index contributed by atoms with van der Waals surface area (Å²) in [4.78, 5) is 12.8. The van der Waals surface area contributed by atoms with Gasteiger partial charge >= 0.3 is 0 Å². The number of hydrogen-bond acceptors (Lipinski definition) is 5. The van der Waals surface area contributed by atoms with Gasteiger partial charge in [-0.25, -0.2) is 8.42 Å². The third kappa shape index (κ3) is 4.70. The maximum absolute atomic E-state index is 12.8. The highest BCUT2D eigenvalue weighted by atomic mass is 32.2. The number of rotatable bonds is 5. The van der Waals surface area contributed by atoms with E-state index in [0.29, 0.717) is 17.2 Å². The van der Waals surface area contributed by atoms with Crippen LogP contribution in [0.25, 0.3) is 0 Å². The first-order valence-corrected chi connectivity index (χ1v) is 11.5. The van der Waals surface area contributed by atoms with Gasteiger partial charge in [-0.1, -0.05) is 45.0 Å². The van der Waals surface area contributed by atoms with Crippen LogP contribution < -0.4 is 19.1 Å². The zero-order valence-electron chi connectivity index (χ0n) is 17.9. The molecule has 1 aliphatic heterocycles. The van der Waals surface area contributed by atoms with Crippen molar-refractivity contribution >= 4 is 21.6 Å². The molecule has 1 aliphatic rings. The molecule has 0 spiro atoms. The molecule has 3 rings (SSSR count). The number of nitrogens with zero attached hydrogens (tertiary/aromatic N) is 1. The number of hydrogen-bond donors (Lipinski definition) is 1. The van der Waals surface area contributed by atoms with E-state index < -0.39 is 16.1 Å². The highest BCUT2D eigenvalue weighted by molar-refractivity contribution is 7.92. The Balaban J connectivity index is 1.84. The Hall–Kier alpha value is -2.74. The molecule has 30 heavy (non-hydrogen) atoms. The summed E-state index contributed by atoms with van der Waals surface area (Å²) < 4.78 is 37.4. The van der Waals surface area contributed by atoms with E-state index in [2.05, 4.69) is 26.1 Å². The zero-order chi connectivity index (χ0) is 22.1. The Morgan fingerprint density at radius 1 is 1.23 bits per heavy atom. The Kier molecular flexibility index (Phi) is 5.99. The van der Waals surface area contributed by atoms with E-state index in [9.17, 15) is 13.2 Å². The van der Waals surface area contributed by atoms with Crippen molar-refractivity contribution in [1.29, 1.82) is 0 Å². The largest absolute Gasteiger partial charge is 0.496 e. The van der Waals surface area contributed by atoms with Gasteiger partial charge in [0.15, 0.2) is 6.10 Å². The van der Waals surface area contributed by atoms with Crippen LogP contribution in [0.5, 0.6) is 11.5 Å². The van der Waals surface area contributed by atoms with Crippen molar-refractivity contribution in [2.24, 2.45) is 0 Å². The van der Waals surface area contributed by atoms with Crippen molar-refractivity contribution in [3.05, 3.63) is 53.6 Å². The van der Waals surface area contributed by atoms with Gasteiger partial charge in [-0.15, -0.1) is 0 Å². The number of para-hydroxylation sites is 1. The van der Waals surface area contributed by atoms with Crippen LogP contribution in [-0.4, -0.2) is 40.3 Å². The van der Waals surface area contributed by atoms with Crippen LogP contribution in [0.1, 0.15) is 31.9 Å². The Labute approximate surface area is 178 Å². The Morgan fingerprint density at radius 3 is 2.57 bits per heavy atom. The molecule has 7 nitrogen and oxygen atoms in total. The Morgan fingerprint density at radius 2 is 1.93 bits per heavy atom. The number of anilines is 1. The minimum absolute atomic E-state index is 0.0861. The first-order valence-electron chi connectivity index (χ1n) is 9.69. The lowest BCUT2D eigenvalue weighted by molar-refractivity contribution is -0.127. The maximum Gasteiger partial charge on any atom is 0.263 e. The van der Waals surface area contributed by atoms with Crippen molar-refractivity contribution in [3.8, 4) is 11.5 Å². The molecule has 1 N–H and O–H groups in total. The maximum atomic E-state index is 12.8. The van der Waals surface area contributed by atoms with Crippen molar-refractivity contribution in [2.75, 3.05) is 24.2 Å². The molecule has 1 unspecified atom stereocenters. The van der Waals surface area contributed by atoms with E-state index in [1.807, 2.05) is 36.4 Å². The van der Waals surface area contributed by atoms with Gasteiger partial charge in [-0.3, -0.25) is 9.10 Å². The molecule has 8 heteroatoms. The molecular weight excluding hydrogens is 404 g/mol. The van der Waals surface area contributed by atoms with Gasteiger partial charge in [0.05, 0.1) is 25.6 Å². The van der Waals surface area contributed by atoms with Crippen molar-refractivity contribution in [3.63, 3.8) is 0 Å². The van der Waals surface area contributed by atoms with Crippen LogP contribution in [-0.2, 0) is 26.8 Å². The average molecular weight is 433 g/mol. The molecule has 2 aromatic carbocycles. The smallest absolute Gasteiger partial charge is 0.263 e. The fraction of sp³-hybridized carbons (Fsp3) is 0.409. The third-order valence-corrected chi connectivity index (χ3v) is 6.18. The topological polar surface area (TPSA) is 84.9 Å². The molecule has 0 bridgehead atoms. The number of nitrogens with one attached hydrogen (secondary N) is 1. The van der Waals surface area contributed by atoms with Crippen LogP contribution in [0.15, 0.2) is 42.5 Å².